The van der Waals surface area contributed by atoms with Gasteiger partial charge in [0.05, 0.1) is 13.2 Å². The highest BCUT2D eigenvalue weighted by Gasteiger charge is 2.27. The van der Waals surface area contributed by atoms with Crippen LogP contribution in [0.4, 0.5) is 0 Å². The van der Waals surface area contributed by atoms with Crippen LogP contribution in [-0.2, 0) is 23.0 Å². The number of phosphoric ester groups is 1. The lowest BCUT2D eigenvalue weighted by Crippen LogP contribution is -1.99. The maximum atomic E-state index is 11.6. The summed E-state index contributed by atoms with van der Waals surface area (Å²) in [6, 6.07) is 0. The monoisotopic (exact) mass is 223 g/mol. The van der Waals surface area contributed by atoms with Gasteiger partial charge in [0.1, 0.15) is 0 Å². The molecule has 0 unspecified atom stereocenters. The largest absolute Gasteiger partial charge is 0.551 e. The summed E-state index contributed by atoms with van der Waals surface area (Å²) in [7, 11) is -3.70. The van der Waals surface area contributed by atoms with Crippen LogP contribution in [0, 0.1) is 0 Å². The second-order valence-corrected chi connectivity index (χ2v) is 3.95. The van der Waals surface area contributed by atoms with Crippen molar-refractivity contribution in [1.82, 2.24) is 0 Å². The van der Waals surface area contributed by atoms with Crippen LogP contribution in [0.25, 0.3) is 0 Å². The molecule has 0 spiro atoms. The van der Waals surface area contributed by atoms with Gasteiger partial charge in [-0.3, -0.25) is 13.7 Å². The van der Waals surface area contributed by atoms with Crippen LogP contribution in [0.15, 0.2) is 5.16 Å². The Balaban J connectivity index is 4.17. The zero-order valence-electron chi connectivity index (χ0n) is 8.26. The molecule has 0 aromatic rings. The average Bonchev–Trinajstić information content (AvgIpc) is 2.21. The van der Waals surface area contributed by atoms with Crippen LogP contribution in [0.1, 0.15) is 26.7 Å². The predicted octanol–water partition coefficient (Wildman–Crippen LogP) is 2.22. The topological polar surface area (TPSA) is 74.2 Å². The number of isocyanates is 1. The molecule has 0 rings (SSSR count). The Kier molecular flexibility index (Phi) is 7.34. The Hall–Kier alpha value is -0.670. The Morgan fingerprint density at radius 3 is 2.07 bits per heavy atom. The second-order valence-electron chi connectivity index (χ2n) is 2.38. The summed E-state index contributed by atoms with van der Waals surface area (Å²) >= 11 is 0. The SMILES string of the molecule is CCCOP(=O)(OCCC)ON=C=O. The van der Waals surface area contributed by atoms with E-state index in [4.69, 9.17) is 9.05 Å². The predicted molar refractivity (Wildman–Crippen MR) is 49.3 cm³/mol. The zero-order valence-corrected chi connectivity index (χ0v) is 9.16. The van der Waals surface area contributed by atoms with Crippen molar-refractivity contribution in [1.29, 1.82) is 0 Å². The summed E-state index contributed by atoms with van der Waals surface area (Å²) in [6.07, 6.45) is 2.42. The summed E-state index contributed by atoms with van der Waals surface area (Å²) in [6.45, 7) is 4.12. The first kappa shape index (κ1) is 13.3. The van der Waals surface area contributed by atoms with Gasteiger partial charge >= 0.3 is 7.82 Å². The maximum Gasteiger partial charge on any atom is 0.551 e. The summed E-state index contributed by atoms with van der Waals surface area (Å²) in [4.78, 5) is 9.75. The molecule has 14 heavy (non-hydrogen) atoms. The van der Waals surface area contributed by atoms with Crippen molar-refractivity contribution in [3.05, 3.63) is 0 Å². The van der Waals surface area contributed by atoms with Crippen molar-refractivity contribution in [3.63, 3.8) is 0 Å². The molecule has 0 N–H and O–H groups in total. The lowest BCUT2D eigenvalue weighted by molar-refractivity contribution is 0.116. The van der Waals surface area contributed by atoms with E-state index in [1.807, 2.05) is 13.8 Å². The molecule has 0 atom stereocenters. The van der Waals surface area contributed by atoms with Gasteiger partial charge in [0.2, 0.25) is 0 Å². The van der Waals surface area contributed by atoms with Crippen LogP contribution < -0.4 is 0 Å². The Labute approximate surface area is 82.8 Å². The minimum Gasteiger partial charge on any atom is -0.280 e. The van der Waals surface area contributed by atoms with E-state index in [0.717, 1.165) is 6.08 Å². The smallest absolute Gasteiger partial charge is 0.280 e. The summed E-state index contributed by atoms with van der Waals surface area (Å²) in [5.41, 5.74) is 0. The first-order chi connectivity index (χ1) is 6.68. The first-order valence-corrected chi connectivity index (χ1v) is 5.79. The van der Waals surface area contributed by atoms with Crippen molar-refractivity contribution in [3.8, 4) is 0 Å². The van der Waals surface area contributed by atoms with Crippen molar-refractivity contribution in [2.75, 3.05) is 13.2 Å². The van der Waals surface area contributed by atoms with Crippen molar-refractivity contribution in [2.24, 2.45) is 5.16 Å². The number of hydrogen-bond acceptors (Lipinski definition) is 6. The van der Waals surface area contributed by atoms with Crippen LogP contribution in [-0.4, -0.2) is 19.3 Å². The molecular weight excluding hydrogens is 209 g/mol. The molecule has 0 fully saturated rings. The van der Waals surface area contributed by atoms with Crippen molar-refractivity contribution < 1.29 is 23.0 Å². The van der Waals surface area contributed by atoms with Crippen LogP contribution in [0.3, 0.4) is 0 Å². The van der Waals surface area contributed by atoms with E-state index in [1.165, 1.54) is 0 Å². The highest BCUT2D eigenvalue weighted by Crippen LogP contribution is 2.49. The van der Waals surface area contributed by atoms with Gasteiger partial charge in [0.15, 0.2) is 0 Å². The van der Waals surface area contributed by atoms with E-state index < -0.39 is 7.82 Å². The molecule has 0 aromatic carbocycles. The van der Waals surface area contributed by atoms with E-state index in [-0.39, 0.29) is 13.2 Å². The fraction of sp³-hybridized carbons (Fsp3) is 0.857. The van der Waals surface area contributed by atoms with E-state index in [1.54, 1.807) is 0 Å². The quantitative estimate of drug-likeness (QED) is 0.273. The molecule has 0 heterocycles. The summed E-state index contributed by atoms with van der Waals surface area (Å²) < 4.78 is 25.5. The van der Waals surface area contributed by atoms with Gasteiger partial charge in [-0.1, -0.05) is 13.8 Å². The molecule has 0 radical (unpaired) electrons. The Morgan fingerprint density at radius 2 is 1.71 bits per heavy atom. The minimum atomic E-state index is -3.70. The van der Waals surface area contributed by atoms with Crippen molar-refractivity contribution >= 4 is 13.9 Å². The highest BCUT2D eigenvalue weighted by atomic mass is 31.2. The van der Waals surface area contributed by atoms with Gasteiger partial charge in [0, 0.05) is 5.16 Å². The third kappa shape index (κ3) is 5.89. The standard InChI is InChI=1S/C7H14NO5P/c1-3-5-11-14(10,12-6-4-2)13-8-7-9/h3-6H2,1-2H3. The number of carbonyl (C=O) groups excluding carboxylic acids is 1. The van der Waals surface area contributed by atoms with E-state index in [0.29, 0.717) is 12.8 Å². The molecule has 0 aromatic heterocycles. The highest BCUT2D eigenvalue weighted by molar-refractivity contribution is 7.48. The lowest BCUT2D eigenvalue weighted by Gasteiger charge is -2.12. The third-order valence-electron chi connectivity index (χ3n) is 1.09. The van der Waals surface area contributed by atoms with Gasteiger partial charge in [-0.15, -0.1) is 0 Å². The molecule has 0 saturated carbocycles. The minimum absolute atomic E-state index is 0.218. The van der Waals surface area contributed by atoms with Gasteiger partial charge < -0.3 is 0 Å². The lowest BCUT2D eigenvalue weighted by atomic mass is 10.5. The van der Waals surface area contributed by atoms with Crippen LogP contribution >= 0.6 is 7.82 Å². The normalized spacial score (nSPS) is 10.7. The fourth-order valence-electron chi connectivity index (χ4n) is 0.557. The number of rotatable bonds is 8. The van der Waals surface area contributed by atoms with Crippen molar-refractivity contribution in [2.45, 2.75) is 26.7 Å². The molecule has 0 aliphatic heterocycles. The molecule has 7 heteroatoms. The average molecular weight is 223 g/mol. The Bertz CT molecular complexity index is 226. The maximum absolute atomic E-state index is 11.6. The third-order valence-corrected chi connectivity index (χ3v) is 2.36. The van der Waals surface area contributed by atoms with Gasteiger partial charge in [0.25, 0.3) is 6.08 Å². The number of nitrogens with zero attached hydrogens (tertiary/aromatic N) is 1. The fourth-order valence-corrected chi connectivity index (χ4v) is 1.67. The molecule has 0 bridgehead atoms. The van der Waals surface area contributed by atoms with E-state index >= 15 is 0 Å². The number of hydrogen-bond donors (Lipinski definition) is 0. The van der Waals surface area contributed by atoms with Gasteiger partial charge in [-0.25, -0.2) is 9.36 Å². The molecule has 0 aliphatic carbocycles. The molecule has 6 nitrogen and oxygen atoms in total. The summed E-state index contributed by atoms with van der Waals surface area (Å²) in [5, 5.41) is 2.73. The second kappa shape index (κ2) is 7.71. The van der Waals surface area contributed by atoms with E-state index in [2.05, 4.69) is 9.78 Å². The first-order valence-electron chi connectivity index (χ1n) is 4.33. The molecule has 0 saturated heterocycles. The Morgan fingerprint density at radius 1 is 1.21 bits per heavy atom. The molecule has 0 amide bonds. The van der Waals surface area contributed by atoms with Gasteiger partial charge in [-0.05, 0) is 12.8 Å². The molecule has 0 aliphatic rings. The zero-order chi connectivity index (χ0) is 10.9. The molecular formula is C7H14NO5P. The van der Waals surface area contributed by atoms with Crippen LogP contribution in [0.2, 0.25) is 0 Å². The van der Waals surface area contributed by atoms with Crippen LogP contribution in [0.5, 0.6) is 0 Å². The molecule has 82 valence electrons. The van der Waals surface area contributed by atoms with E-state index in [9.17, 15) is 9.36 Å². The number of phosphoric acid groups is 1. The summed E-state index contributed by atoms with van der Waals surface area (Å²) in [5.74, 6) is 0. The van der Waals surface area contributed by atoms with Gasteiger partial charge in [-0.2, -0.15) is 0 Å².